The van der Waals surface area contributed by atoms with Crippen molar-refractivity contribution in [1.29, 1.82) is 0 Å². The number of hydrogen-bond acceptors (Lipinski definition) is 3. The van der Waals surface area contributed by atoms with Crippen LogP contribution in [-0.2, 0) is 11.3 Å². The van der Waals surface area contributed by atoms with Crippen LogP contribution in [0.3, 0.4) is 0 Å². The van der Waals surface area contributed by atoms with Crippen LogP contribution >= 0.6 is 0 Å². The van der Waals surface area contributed by atoms with Gasteiger partial charge in [-0.1, -0.05) is 12.1 Å². The summed E-state index contributed by atoms with van der Waals surface area (Å²) < 4.78 is 5.24. The van der Waals surface area contributed by atoms with Gasteiger partial charge in [0.1, 0.15) is 0 Å². The molecule has 1 aliphatic rings. The highest BCUT2D eigenvalue weighted by molar-refractivity contribution is 5.89. The molecular weight excluding hydrogens is 230 g/mol. The summed E-state index contributed by atoms with van der Waals surface area (Å²) in [6.45, 7) is 1.86. The van der Waals surface area contributed by atoms with Crippen molar-refractivity contribution in [1.82, 2.24) is 4.90 Å². The van der Waals surface area contributed by atoms with Gasteiger partial charge in [0.05, 0.1) is 6.10 Å². The summed E-state index contributed by atoms with van der Waals surface area (Å²) in [7, 11) is 1.68. The molecule has 0 aliphatic carbocycles. The predicted octanol–water partition coefficient (Wildman–Crippen LogP) is 1.40. The average Bonchev–Trinajstić information content (AvgIpc) is 2.88. The molecule has 5 heteroatoms. The Morgan fingerprint density at radius 2 is 2.44 bits per heavy atom. The Morgan fingerprint density at radius 1 is 1.61 bits per heavy atom. The van der Waals surface area contributed by atoms with Gasteiger partial charge >= 0.3 is 6.03 Å². The summed E-state index contributed by atoms with van der Waals surface area (Å²) in [5.74, 6) is 0. The van der Waals surface area contributed by atoms with Gasteiger partial charge in [-0.25, -0.2) is 4.79 Å². The lowest BCUT2D eigenvalue weighted by Crippen LogP contribution is -2.33. The first-order valence-corrected chi connectivity index (χ1v) is 6.10. The molecule has 18 heavy (non-hydrogen) atoms. The number of carbonyl (C=O) groups is 1. The number of anilines is 1. The molecule has 1 fully saturated rings. The zero-order valence-corrected chi connectivity index (χ0v) is 10.6. The summed E-state index contributed by atoms with van der Waals surface area (Å²) in [4.78, 5) is 13.8. The zero-order valence-electron chi connectivity index (χ0n) is 10.6. The minimum atomic E-state index is -0.0799. The second-order valence-electron chi connectivity index (χ2n) is 4.43. The maximum absolute atomic E-state index is 12.0. The number of nitrogens with one attached hydrogen (secondary N) is 1. The fourth-order valence-corrected chi connectivity index (χ4v) is 2.08. The summed E-state index contributed by atoms with van der Waals surface area (Å²) in [5.41, 5.74) is 7.35. The summed E-state index contributed by atoms with van der Waals surface area (Å²) in [6, 6.07) is 7.50. The number of methoxy groups -OCH3 is 1. The number of urea groups is 1. The van der Waals surface area contributed by atoms with Crippen molar-refractivity contribution in [3.05, 3.63) is 29.8 Å². The van der Waals surface area contributed by atoms with Crippen molar-refractivity contribution in [2.24, 2.45) is 5.73 Å². The molecule has 2 amide bonds. The lowest BCUT2D eigenvalue weighted by Gasteiger charge is -2.17. The molecule has 1 saturated heterocycles. The van der Waals surface area contributed by atoms with Gasteiger partial charge in [-0.3, -0.25) is 0 Å². The first-order chi connectivity index (χ1) is 8.72. The highest BCUT2D eigenvalue weighted by atomic mass is 16.5. The van der Waals surface area contributed by atoms with E-state index in [1.807, 2.05) is 24.3 Å². The molecule has 2 rings (SSSR count). The highest BCUT2D eigenvalue weighted by Gasteiger charge is 2.25. The van der Waals surface area contributed by atoms with E-state index in [4.69, 9.17) is 10.5 Å². The average molecular weight is 249 g/mol. The van der Waals surface area contributed by atoms with E-state index in [2.05, 4.69) is 5.32 Å². The molecule has 98 valence electrons. The minimum absolute atomic E-state index is 0.0799. The van der Waals surface area contributed by atoms with E-state index in [-0.39, 0.29) is 12.1 Å². The predicted molar refractivity (Wildman–Crippen MR) is 70.3 cm³/mol. The molecule has 1 aliphatic heterocycles. The van der Waals surface area contributed by atoms with Gasteiger partial charge in [-0.05, 0) is 24.1 Å². The Balaban J connectivity index is 1.94. The van der Waals surface area contributed by atoms with E-state index < -0.39 is 0 Å². The largest absolute Gasteiger partial charge is 0.380 e. The van der Waals surface area contributed by atoms with Gasteiger partial charge in [0.15, 0.2) is 0 Å². The molecule has 1 unspecified atom stereocenters. The van der Waals surface area contributed by atoms with Crippen LogP contribution in [0, 0.1) is 0 Å². The normalized spacial score (nSPS) is 19.0. The van der Waals surface area contributed by atoms with Gasteiger partial charge < -0.3 is 20.7 Å². The van der Waals surface area contributed by atoms with Gasteiger partial charge in [-0.2, -0.15) is 0 Å². The number of nitrogens with zero attached hydrogens (tertiary/aromatic N) is 1. The molecule has 3 N–H and O–H groups in total. The highest BCUT2D eigenvalue weighted by Crippen LogP contribution is 2.15. The molecule has 0 bridgehead atoms. The number of nitrogens with two attached hydrogens (primary N) is 1. The van der Waals surface area contributed by atoms with Crippen LogP contribution in [-0.4, -0.2) is 37.2 Å². The van der Waals surface area contributed by atoms with Crippen LogP contribution in [0.15, 0.2) is 24.3 Å². The lowest BCUT2D eigenvalue weighted by molar-refractivity contribution is 0.111. The van der Waals surface area contributed by atoms with Crippen molar-refractivity contribution in [2.45, 2.75) is 19.1 Å². The number of hydrogen-bond donors (Lipinski definition) is 2. The van der Waals surface area contributed by atoms with Crippen LogP contribution in [0.4, 0.5) is 10.5 Å². The Kier molecular flexibility index (Phi) is 4.17. The van der Waals surface area contributed by atoms with Crippen LogP contribution in [0.25, 0.3) is 0 Å². The topological polar surface area (TPSA) is 67.6 Å². The number of rotatable bonds is 3. The third-order valence-corrected chi connectivity index (χ3v) is 3.18. The Bertz CT molecular complexity index is 422. The van der Waals surface area contributed by atoms with Crippen molar-refractivity contribution in [2.75, 3.05) is 25.5 Å². The zero-order chi connectivity index (χ0) is 13.0. The fraction of sp³-hybridized carbons (Fsp3) is 0.462. The third-order valence-electron chi connectivity index (χ3n) is 3.18. The quantitative estimate of drug-likeness (QED) is 0.850. The molecular formula is C13H19N3O2. The minimum Gasteiger partial charge on any atom is -0.380 e. The first kappa shape index (κ1) is 12.9. The Morgan fingerprint density at radius 3 is 3.11 bits per heavy atom. The van der Waals surface area contributed by atoms with Gasteiger partial charge in [0.25, 0.3) is 0 Å². The molecule has 0 aromatic heterocycles. The van der Waals surface area contributed by atoms with E-state index in [0.29, 0.717) is 13.1 Å². The molecule has 1 heterocycles. The van der Waals surface area contributed by atoms with Crippen LogP contribution in [0.1, 0.15) is 12.0 Å². The maximum atomic E-state index is 12.0. The molecule has 1 aromatic rings. The maximum Gasteiger partial charge on any atom is 0.321 e. The van der Waals surface area contributed by atoms with E-state index >= 15 is 0 Å². The molecule has 0 saturated carbocycles. The van der Waals surface area contributed by atoms with Crippen molar-refractivity contribution >= 4 is 11.7 Å². The van der Waals surface area contributed by atoms with Crippen molar-refractivity contribution < 1.29 is 9.53 Å². The number of likely N-dealkylation sites (tertiary alicyclic amines) is 1. The van der Waals surface area contributed by atoms with Crippen LogP contribution < -0.4 is 11.1 Å². The van der Waals surface area contributed by atoms with E-state index in [1.54, 1.807) is 12.0 Å². The monoisotopic (exact) mass is 249 g/mol. The summed E-state index contributed by atoms with van der Waals surface area (Å²) >= 11 is 0. The summed E-state index contributed by atoms with van der Waals surface area (Å²) in [5, 5.41) is 2.88. The van der Waals surface area contributed by atoms with Gasteiger partial charge in [-0.15, -0.1) is 0 Å². The van der Waals surface area contributed by atoms with Gasteiger partial charge in [0.2, 0.25) is 0 Å². The number of ether oxygens (including phenoxy) is 1. The standard InChI is InChI=1S/C13H19N3O2/c1-18-12-5-6-16(9-12)13(17)15-11-4-2-3-10(7-11)8-14/h2-4,7,12H,5-6,8-9,14H2,1H3,(H,15,17). The number of amides is 2. The van der Waals surface area contributed by atoms with E-state index in [1.165, 1.54) is 0 Å². The molecule has 1 aromatic carbocycles. The first-order valence-electron chi connectivity index (χ1n) is 6.10. The van der Waals surface area contributed by atoms with Crippen molar-refractivity contribution in [3.8, 4) is 0 Å². The molecule has 0 spiro atoms. The summed E-state index contributed by atoms with van der Waals surface area (Å²) in [6.07, 6.45) is 1.05. The fourth-order valence-electron chi connectivity index (χ4n) is 2.08. The van der Waals surface area contributed by atoms with Gasteiger partial charge in [0, 0.05) is 32.4 Å². The second kappa shape index (κ2) is 5.84. The smallest absolute Gasteiger partial charge is 0.321 e. The van der Waals surface area contributed by atoms with Crippen LogP contribution in [0.2, 0.25) is 0 Å². The van der Waals surface area contributed by atoms with Crippen molar-refractivity contribution in [3.63, 3.8) is 0 Å². The molecule has 5 nitrogen and oxygen atoms in total. The lowest BCUT2D eigenvalue weighted by atomic mass is 10.2. The number of carbonyl (C=O) groups excluding carboxylic acids is 1. The van der Waals surface area contributed by atoms with E-state index in [0.717, 1.165) is 24.2 Å². The third kappa shape index (κ3) is 3.00. The molecule has 0 radical (unpaired) electrons. The van der Waals surface area contributed by atoms with Crippen LogP contribution in [0.5, 0.6) is 0 Å². The molecule has 1 atom stereocenters. The Hall–Kier alpha value is -1.59. The van der Waals surface area contributed by atoms with E-state index in [9.17, 15) is 4.79 Å². The SMILES string of the molecule is COC1CCN(C(=O)Nc2cccc(CN)c2)C1. The number of benzene rings is 1. The second-order valence-corrected chi connectivity index (χ2v) is 4.43. The Labute approximate surface area is 107 Å².